The molecule has 0 heterocycles. The van der Waals surface area contributed by atoms with Gasteiger partial charge in [0.15, 0.2) is 6.61 Å². The van der Waals surface area contributed by atoms with Gasteiger partial charge in [-0.15, -0.1) is 0 Å². The molecule has 1 aromatic carbocycles. The fourth-order valence-electron chi connectivity index (χ4n) is 1.16. The van der Waals surface area contributed by atoms with Crippen molar-refractivity contribution < 1.29 is 14.3 Å². The summed E-state index contributed by atoms with van der Waals surface area (Å²) in [4.78, 5) is 11.2. The van der Waals surface area contributed by atoms with Gasteiger partial charge in [-0.3, -0.25) is 0 Å². The van der Waals surface area contributed by atoms with Gasteiger partial charge in [0, 0.05) is 0 Å². The summed E-state index contributed by atoms with van der Waals surface area (Å²) >= 11 is 5.94. The van der Waals surface area contributed by atoms with Gasteiger partial charge in [-0.25, -0.2) is 4.79 Å². The largest absolute Gasteiger partial charge is 0.480 e. The third-order valence-electron chi connectivity index (χ3n) is 1.80. The van der Waals surface area contributed by atoms with Gasteiger partial charge in [0.05, 0.1) is 11.1 Å². The molecule has 1 rings (SSSR count). The summed E-state index contributed by atoms with van der Waals surface area (Å²) in [5.74, 6) is 0.0969. The number of aryl methyl sites for hydroxylation is 1. The summed E-state index contributed by atoms with van der Waals surface area (Å²) in [5, 5.41) is 0.498. The van der Waals surface area contributed by atoms with E-state index in [1.54, 1.807) is 26.0 Å². The number of benzene rings is 1. The number of esters is 1. The molecule has 0 bridgehead atoms. The SMILES string of the molecule is Cc1ccc(OCC(=O)OC(C)C)c(Cl)c1. The fraction of sp³-hybridized carbons (Fsp3) is 0.417. The molecule has 0 aromatic heterocycles. The zero-order valence-electron chi connectivity index (χ0n) is 9.62. The van der Waals surface area contributed by atoms with Crippen molar-refractivity contribution in [2.45, 2.75) is 26.9 Å². The quantitative estimate of drug-likeness (QED) is 0.762. The summed E-state index contributed by atoms with van der Waals surface area (Å²) in [6, 6.07) is 5.39. The number of hydrogen-bond donors (Lipinski definition) is 0. The Morgan fingerprint density at radius 2 is 2.12 bits per heavy atom. The molecule has 1 aromatic rings. The van der Waals surface area contributed by atoms with Crippen LogP contribution in [0.5, 0.6) is 5.75 Å². The van der Waals surface area contributed by atoms with Gasteiger partial charge in [-0.1, -0.05) is 17.7 Å². The molecule has 0 fully saturated rings. The minimum atomic E-state index is -0.397. The van der Waals surface area contributed by atoms with Crippen LogP contribution in [0.1, 0.15) is 19.4 Å². The molecule has 0 saturated carbocycles. The maximum Gasteiger partial charge on any atom is 0.344 e. The average Bonchev–Trinajstić information content (AvgIpc) is 2.15. The minimum absolute atomic E-state index is 0.124. The van der Waals surface area contributed by atoms with Gasteiger partial charge in [0.2, 0.25) is 0 Å². The average molecular weight is 243 g/mol. The lowest BCUT2D eigenvalue weighted by Crippen LogP contribution is -2.18. The van der Waals surface area contributed by atoms with Crippen LogP contribution in [0.4, 0.5) is 0 Å². The number of rotatable bonds is 4. The fourth-order valence-corrected chi connectivity index (χ4v) is 1.45. The first-order valence-electron chi connectivity index (χ1n) is 5.07. The number of halogens is 1. The van der Waals surface area contributed by atoms with Crippen molar-refractivity contribution in [2.24, 2.45) is 0 Å². The van der Waals surface area contributed by atoms with Gasteiger partial charge in [-0.2, -0.15) is 0 Å². The van der Waals surface area contributed by atoms with E-state index in [4.69, 9.17) is 21.1 Å². The van der Waals surface area contributed by atoms with Crippen LogP contribution in [-0.2, 0) is 9.53 Å². The Morgan fingerprint density at radius 3 is 2.69 bits per heavy atom. The first-order chi connectivity index (χ1) is 7.49. The number of ether oxygens (including phenoxy) is 2. The molecule has 0 aliphatic heterocycles. The van der Waals surface area contributed by atoms with Crippen LogP contribution in [0.25, 0.3) is 0 Å². The minimum Gasteiger partial charge on any atom is -0.480 e. The van der Waals surface area contributed by atoms with Crippen molar-refractivity contribution in [2.75, 3.05) is 6.61 Å². The van der Waals surface area contributed by atoms with Crippen molar-refractivity contribution in [3.8, 4) is 5.75 Å². The smallest absolute Gasteiger partial charge is 0.344 e. The maximum absolute atomic E-state index is 11.2. The molecule has 0 aliphatic rings. The second kappa shape index (κ2) is 5.75. The molecule has 0 saturated heterocycles. The number of carbonyl (C=O) groups is 1. The first kappa shape index (κ1) is 12.8. The van der Waals surface area contributed by atoms with Crippen LogP contribution >= 0.6 is 11.6 Å². The van der Waals surface area contributed by atoms with Gasteiger partial charge in [0.1, 0.15) is 5.75 Å². The monoisotopic (exact) mass is 242 g/mol. The lowest BCUT2D eigenvalue weighted by atomic mass is 10.2. The summed E-state index contributed by atoms with van der Waals surface area (Å²) in [5.41, 5.74) is 1.04. The van der Waals surface area contributed by atoms with E-state index in [9.17, 15) is 4.79 Å². The maximum atomic E-state index is 11.2. The molecular formula is C12H15ClO3. The highest BCUT2D eigenvalue weighted by Crippen LogP contribution is 2.24. The Labute approximate surface area is 100 Å². The predicted molar refractivity (Wildman–Crippen MR) is 62.9 cm³/mol. The molecule has 0 unspecified atom stereocenters. The van der Waals surface area contributed by atoms with Crippen LogP contribution < -0.4 is 4.74 Å². The topological polar surface area (TPSA) is 35.5 Å². The van der Waals surface area contributed by atoms with Crippen molar-refractivity contribution in [1.82, 2.24) is 0 Å². The predicted octanol–water partition coefficient (Wildman–Crippen LogP) is 2.98. The van der Waals surface area contributed by atoms with E-state index in [1.807, 2.05) is 13.0 Å². The normalized spacial score (nSPS) is 10.3. The third-order valence-corrected chi connectivity index (χ3v) is 2.10. The summed E-state index contributed by atoms with van der Waals surface area (Å²) in [6.45, 7) is 5.39. The molecule has 0 atom stereocenters. The Morgan fingerprint density at radius 1 is 1.44 bits per heavy atom. The van der Waals surface area contributed by atoms with Crippen LogP contribution in [0.3, 0.4) is 0 Å². The molecule has 0 N–H and O–H groups in total. The Hall–Kier alpha value is -1.22. The molecule has 16 heavy (non-hydrogen) atoms. The zero-order chi connectivity index (χ0) is 12.1. The standard InChI is InChI=1S/C12H15ClO3/c1-8(2)16-12(14)7-15-11-5-4-9(3)6-10(11)13/h4-6,8H,7H2,1-3H3. The molecule has 88 valence electrons. The van der Waals surface area contributed by atoms with E-state index in [-0.39, 0.29) is 12.7 Å². The van der Waals surface area contributed by atoms with E-state index in [0.29, 0.717) is 10.8 Å². The molecular weight excluding hydrogens is 228 g/mol. The van der Waals surface area contributed by atoms with Crippen LogP contribution in [0.15, 0.2) is 18.2 Å². The lowest BCUT2D eigenvalue weighted by molar-refractivity contribution is -0.149. The molecule has 0 aliphatic carbocycles. The Kier molecular flexibility index (Phi) is 4.62. The van der Waals surface area contributed by atoms with Gasteiger partial charge < -0.3 is 9.47 Å². The third kappa shape index (κ3) is 4.11. The molecule has 0 radical (unpaired) electrons. The highest BCUT2D eigenvalue weighted by molar-refractivity contribution is 6.32. The summed E-state index contributed by atoms with van der Waals surface area (Å²) in [6.07, 6.45) is -0.135. The van der Waals surface area contributed by atoms with E-state index in [1.165, 1.54) is 0 Å². The van der Waals surface area contributed by atoms with E-state index in [0.717, 1.165) is 5.56 Å². The second-order valence-electron chi connectivity index (χ2n) is 3.76. The van der Waals surface area contributed by atoms with Crippen LogP contribution in [-0.4, -0.2) is 18.7 Å². The van der Waals surface area contributed by atoms with Crippen LogP contribution in [0, 0.1) is 6.92 Å². The van der Waals surface area contributed by atoms with Gasteiger partial charge in [-0.05, 0) is 38.5 Å². The Bertz CT molecular complexity index is 375. The van der Waals surface area contributed by atoms with E-state index >= 15 is 0 Å². The summed E-state index contributed by atoms with van der Waals surface area (Å²) < 4.78 is 10.2. The van der Waals surface area contributed by atoms with Crippen molar-refractivity contribution >= 4 is 17.6 Å². The van der Waals surface area contributed by atoms with Crippen LogP contribution in [0.2, 0.25) is 5.02 Å². The molecule has 0 amide bonds. The molecule has 4 heteroatoms. The highest BCUT2D eigenvalue weighted by atomic mass is 35.5. The van der Waals surface area contributed by atoms with Crippen molar-refractivity contribution in [3.63, 3.8) is 0 Å². The van der Waals surface area contributed by atoms with Gasteiger partial charge in [0.25, 0.3) is 0 Å². The van der Waals surface area contributed by atoms with E-state index in [2.05, 4.69) is 0 Å². The highest BCUT2D eigenvalue weighted by Gasteiger charge is 2.08. The zero-order valence-corrected chi connectivity index (χ0v) is 10.4. The first-order valence-corrected chi connectivity index (χ1v) is 5.45. The van der Waals surface area contributed by atoms with E-state index < -0.39 is 5.97 Å². The van der Waals surface area contributed by atoms with Crippen molar-refractivity contribution in [3.05, 3.63) is 28.8 Å². The molecule has 0 spiro atoms. The second-order valence-corrected chi connectivity index (χ2v) is 4.17. The lowest BCUT2D eigenvalue weighted by Gasteiger charge is -2.10. The number of carbonyl (C=O) groups excluding carboxylic acids is 1. The van der Waals surface area contributed by atoms with Crippen molar-refractivity contribution in [1.29, 1.82) is 0 Å². The molecule has 3 nitrogen and oxygen atoms in total. The number of hydrogen-bond acceptors (Lipinski definition) is 3. The Balaban J connectivity index is 2.51. The van der Waals surface area contributed by atoms with Gasteiger partial charge >= 0.3 is 5.97 Å². The summed E-state index contributed by atoms with van der Waals surface area (Å²) in [7, 11) is 0.